The van der Waals surface area contributed by atoms with Gasteiger partial charge in [-0.25, -0.2) is 0 Å². The predicted octanol–water partition coefficient (Wildman–Crippen LogP) is 7.63. The molecule has 0 nitrogen and oxygen atoms in total. The van der Waals surface area contributed by atoms with E-state index in [1.807, 2.05) is 0 Å². The van der Waals surface area contributed by atoms with Gasteiger partial charge in [0.1, 0.15) is 0 Å². The topological polar surface area (TPSA) is 0 Å². The molecule has 3 aromatic carbocycles. The van der Waals surface area contributed by atoms with Gasteiger partial charge in [-0.2, -0.15) is 0 Å². The summed E-state index contributed by atoms with van der Waals surface area (Å²) in [6.07, 6.45) is 10.4. The van der Waals surface area contributed by atoms with E-state index in [1.165, 1.54) is 61.4 Å². The monoisotopic (exact) mass is 388 g/mol. The minimum absolute atomic E-state index is 0.0795. The summed E-state index contributed by atoms with van der Waals surface area (Å²) < 4.78 is 0. The molecule has 1 heteroatoms. The summed E-state index contributed by atoms with van der Waals surface area (Å²) in [4.78, 5) is 0. The Hall–Kier alpha value is -1.91. The molecule has 0 aliphatic heterocycles. The quantitative estimate of drug-likeness (QED) is 0.180. The first-order valence-electron chi connectivity index (χ1n) is 10.7. The van der Waals surface area contributed by atoms with Crippen LogP contribution in [0.3, 0.4) is 0 Å². The molecule has 0 aliphatic carbocycles. The highest BCUT2D eigenvalue weighted by molar-refractivity contribution is 7.16. The molecule has 0 heterocycles. The van der Waals surface area contributed by atoms with E-state index in [1.54, 1.807) is 0 Å². The third kappa shape index (κ3) is 5.12. The first-order valence-corrected chi connectivity index (χ1v) is 11.6. The van der Waals surface area contributed by atoms with Crippen molar-refractivity contribution in [1.29, 1.82) is 0 Å². The van der Waals surface area contributed by atoms with E-state index in [-0.39, 0.29) is 5.41 Å². The van der Waals surface area contributed by atoms with Crippen LogP contribution in [0.4, 0.5) is 0 Å². The lowest BCUT2D eigenvalue weighted by molar-refractivity contribution is 0.499. The first kappa shape index (κ1) is 20.8. The van der Waals surface area contributed by atoms with Gasteiger partial charge >= 0.3 is 0 Å². The van der Waals surface area contributed by atoms with E-state index in [4.69, 9.17) is 0 Å². The molecule has 0 aromatic heterocycles. The van der Waals surface area contributed by atoms with Crippen molar-refractivity contribution in [3.8, 4) is 0 Å². The number of rotatable bonds is 11. The molecule has 146 valence electrons. The van der Waals surface area contributed by atoms with Crippen LogP contribution in [0, 0.1) is 0 Å². The third-order valence-electron chi connectivity index (χ3n) is 5.81. The van der Waals surface area contributed by atoms with Crippen LogP contribution >= 0.6 is 9.24 Å². The smallest absolute Gasteiger partial charge is 0.0451 e. The van der Waals surface area contributed by atoms with E-state index < -0.39 is 0 Å². The first-order chi connectivity index (χ1) is 13.9. The zero-order valence-corrected chi connectivity index (χ0v) is 18.0. The van der Waals surface area contributed by atoms with Gasteiger partial charge in [0.15, 0.2) is 0 Å². The van der Waals surface area contributed by atoms with Gasteiger partial charge in [0, 0.05) is 5.41 Å². The van der Waals surface area contributed by atoms with E-state index in [0.29, 0.717) is 0 Å². The molecule has 0 saturated carbocycles. The summed E-state index contributed by atoms with van der Waals surface area (Å²) in [6, 6.07) is 33.3. The molecule has 0 fully saturated rings. The Morgan fingerprint density at radius 3 is 1.21 bits per heavy atom. The molecule has 0 amide bonds. The second-order valence-electron chi connectivity index (χ2n) is 7.66. The molecule has 0 saturated heterocycles. The molecular weight excluding hydrogens is 355 g/mol. The SMILES string of the molecule is PCCCCCCCCC(c1ccccc1)(c1ccccc1)c1ccccc1. The minimum Gasteiger partial charge on any atom is -0.138 e. The second-order valence-corrected chi connectivity index (χ2v) is 8.24. The molecule has 0 aliphatic rings. The van der Waals surface area contributed by atoms with Gasteiger partial charge in [0.25, 0.3) is 0 Å². The molecule has 1 atom stereocenters. The maximum Gasteiger partial charge on any atom is 0.0451 e. The lowest BCUT2D eigenvalue weighted by Gasteiger charge is -2.36. The molecule has 0 N–H and O–H groups in total. The zero-order chi connectivity index (χ0) is 19.5. The largest absolute Gasteiger partial charge is 0.138 e. The van der Waals surface area contributed by atoms with E-state index in [9.17, 15) is 0 Å². The lowest BCUT2D eigenvalue weighted by Crippen LogP contribution is -2.29. The Kier molecular flexibility index (Phi) is 8.31. The molecule has 3 aromatic rings. The fourth-order valence-corrected chi connectivity index (χ4v) is 4.63. The Morgan fingerprint density at radius 1 is 0.464 bits per heavy atom. The maximum atomic E-state index is 2.84. The highest BCUT2D eigenvalue weighted by atomic mass is 31.0. The van der Waals surface area contributed by atoms with Crippen molar-refractivity contribution in [2.24, 2.45) is 0 Å². The van der Waals surface area contributed by atoms with Crippen LogP contribution in [0.2, 0.25) is 0 Å². The van der Waals surface area contributed by atoms with Crippen LogP contribution in [0.15, 0.2) is 91.0 Å². The van der Waals surface area contributed by atoms with E-state index in [2.05, 4.69) is 100 Å². The van der Waals surface area contributed by atoms with Gasteiger partial charge in [0.2, 0.25) is 0 Å². The average Bonchev–Trinajstić information content (AvgIpc) is 2.78. The molecule has 0 spiro atoms. The van der Waals surface area contributed by atoms with Crippen LogP contribution in [-0.4, -0.2) is 6.16 Å². The third-order valence-corrected chi connectivity index (χ3v) is 6.21. The average molecular weight is 389 g/mol. The van der Waals surface area contributed by atoms with E-state index >= 15 is 0 Å². The summed E-state index contributed by atoms with van der Waals surface area (Å²) in [6.45, 7) is 0. The molecule has 0 radical (unpaired) electrons. The zero-order valence-electron chi connectivity index (χ0n) is 16.9. The van der Waals surface area contributed by atoms with Crippen molar-refractivity contribution >= 4 is 9.24 Å². The van der Waals surface area contributed by atoms with E-state index in [0.717, 1.165) is 6.42 Å². The van der Waals surface area contributed by atoms with Crippen molar-refractivity contribution in [2.45, 2.75) is 50.4 Å². The van der Waals surface area contributed by atoms with Gasteiger partial charge in [-0.05, 0) is 35.7 Å². The van der Waals surface area contributed by atoms with Gasteiger partial charge in [-0.15, -0.1) is 9.24 Å². The number of benzene rings is 3. The van der Waals surface area contributed by atoms with Gasteiger partial charge in [0.05, 0.1) is 0 Å². The number of hydrogen-bond donors (Lipinski definition) is 0. The highest BCUT2D eigenvalue weighted by Gasteiger charge is 2.35. The van der Waals surface area contributed by atoms with Crippen LogP contribution in [0.5, 0.6) is 0 Å². The fraction of sp³-hybridized carbons (Fsp3) is 0.333. The number of unbranched alkanes of at least 4 members (excludes halogenated alkanes) is 5. The molecule has 3 rings (SSSR count). The summed E-state index contributed by atoms with van der Waals surface area (Å²) >= 11 is 0. The Morgan fingerprint density at radius 2 is 0.821 bits per heavy atom. The van der Waals surface area contributed by atoms with Gasteiger partial charge in [-0.3, -0.25) is 0 Å². The molecule has 28 heavy (non-hydrogen) atoms. The summed E-state index contributed by atoms with van der Waals surface area (Å²) in [7, 11) is 2.84. The van der Waals surface area contributed by atoms with Crippen LogP contribution < -0.4 is 0 Å². The molecule has 1 unspecified atom stereocenters. The molecular formula is C27H33P. The predicted molar refractivity (Wildman–Crippen MR) is 126 cm³/mol. The van der Waals surface area contributed by atoms with Crippen molar-refractivity contribution in [1.82, 2.24) is 0 Å². The van der Waals surface area contributed by atoms with Gasteiger partial charge in [-0.1, -0.05) is 123 Å². The van der Waals surface area contributed by atoms with Crippen molar-refractivity contribution in [3.05, 3.63) is 108 Å². The standard InChI is InChI=1S/C27H33P/c28-23-15-4-2-1-3-14-22-27(24-16-8-5-9-17-24,25-18-10-6-11-19-25)26-20-12-7-13-21-26/h5-13,16-21H,1-4,14-15,22-23,28H2. The second kappa shape index (κ2) is 11.2. The van der Waals surface area contributed by atoms with Gasteiger partial charge < -0.3 is 0 Å². The molecule has 0 bridgehead atoms. The Balaban J connectivity index is 1.91. The Bertz CT molecular complexity index is 684. The Labute approximate surface area is 173 Å². The van der Waals surface area contributed by atoms with Crippen molar-refractivity contribution in [2.75, 3.05) is 6.16 Å². The summed E-state index contributed by atoms with van der Waals surface area (Å²) in [5.41, 5.74) is 4.12. The van der Waals surface area contributed by atoms with Crippen LogP contribution in [-0.2, 0) is 5.41 Å². The van der Waals surface area contributed by atoms with Crippen molar-refractivity contribution < 1.29 is 0 Å². The lowest BCUT2D eigenvalue weighted by atomic mass is 9.66. The van der Waals surface area contributed by atoms with Crippen LogP contribution in [0.25, 0.3) is 0 Å². The van der Waals surface area contributed by atoms with Crippen molar-refractivity contribution in [3.63, 3.8) is 0 Å². The summed E-state index contributed by atoms with van der Waals surface area (Å²) in [5.74, 6) is 0. The normalized spacial score (nSPS) is 11.5. The summed E-state index contributed by atoms with van der Waals surface area (Å²) in [5, 5.41) is 0. The fourth-order valence-electron chi connectivity index (χ4n) is 4.34. The minimum atomic E-state index is -0.0795. The van der Waals surface area contributed by atoms with Crippen LogP contribution in [0.1, 0.15) is 61.6 Å². The number of hydrogen-bond acceptors (Lipinski definition) is 0. The highest BCUT2D eigenvalue weighted by Crippen LogP contribution is 2.43. The maximum absolute atomic E-state index is 2.84.